The lowest BCUT2D eigenvalue weighted by Crippen LogP contribution is -2.47. The smallest absolute Gasteiger partial charge is 0.408 e. The van der Waals surface area contributed by atoms with Crippen molar-refractivity contribution in [1.82, 2.24) is 15.5 Å². The molecule has 1 saturated heterocycles. The first kappa shape index (κ1) is 36.1. The number of benzene rings is 3. The minimum Gasteiger partial charge on any atom is -0.489 e. The maximum absolute atomic E-state index is 13.7. The Hall–Kier alpha value is -5.16. The minimum atomic E-state index is -1.03. The van der Waals surface area contributed by atoms with Crippen molar-refractivity contribution in [3.8, 4) is 5.75 Å². The SMILES string of the molecule is O=C(NC1CC=CCC(CC(=O)N2CCCC2CO)C(=O)NC(Cc2ccc(OCc3ccccc3)cc2)COC1=O)OCc1ccccc1. The molecule has 3 aromatic carbocycles. The maximum Gasteiger partial charge on any atom is 0.408 e. The predicted molar refractivity (Wildman–Crippen MR) is 186 cm³/mol. The number of esters is 1. The van der Waals surface area contributed by atoms with Gasteiger partial charge >= 0.3 is 12.1 Å². The van der Waals surface area contributed by atoms with E-state index in [1.807, 2.05) is 84.9 Å². The highest BCUT2D eigenvalue weighted by molar-refractivity contribution is 5.86. The summed E-state index contributed by atoms with van der Waals surface area (Å²) in [5, 5.41) is 15.4. The molecule has 2 aliphatic rings. The fourth-order valence-electron chi connectivity index (χ4n) is 6.08. The molecule has 3 N–H and O–H groups in total. The van der Waals surface area contributed by atoms with Gasteiger partial charge in [0.15, 0.2) is 0 Å². The summed E-state index contributed by atoms with van der Waals surface area (Å²) in [7, 11) is 0. The summed E-state index contributed by atoms with van der Waals surface area (Å²) in [4.78, 5) is 54.6. The van der Waals surface area contributed by atoms with Crippen LogP contribution in [0.4, 0.5) is 4.79 Å². The van der Waals surface area contributed by atoms with E-state index in [-0.39, 0.29) is 56.9 Å². The van der Waals surface area contributed by atoms with E-state index in [9.17, 15) is 24.3 Å². The number of hydrogen-bond acceptors (Lipinski definition) is 8. The highest BCUT2D eigenvalue weighted by atomic mass is 16.6. The van der Waals surface area contributed by atoms with E-state index in [1.54, 1.807) is 17.1 Å². The third-order valence-corrected chi connectivity index (χ3v) is 8.88. The van der Waals surface area contributed by atoms with Gasteiger partial charge in [0.25, 0.3) is 0 Å². The number of carbonyl (C=O) groups excluding carboxylic acids is 4. The molecule has 0 bridgehead atoms. The summed E-state index contributed by atoms with van der Waals surface area (Å²) in [5.74, 6) is -1.17. The van der Waals surface area contributed by atoms with Gasteiger partial charge < -0.3 is 34.9 Å². The number of amides is 3. The quantitative estimate of drug-likeness (QED) is 0.199. The molecule has 4 unspecified atom stereocenters. The summed E-state index contributed by atoms with van der Waals surface area (Å²) >= 11 is 0. The molecule has 11 nitrogen and oxygen atoms in total. The van der Waals surface area contributed by atoms with Crippen LogP contribution in [0, 0.1) is 5.92 Å². The van der Waals surface area contributed by atoms with E-state index < -0.39 is 30.1 Å². The molecule has 2 aliphatic heterocycles. The van der Waals surface area contributed by atoms with Crippen LogP contribution in [-0.4, -0.2) is 71.8 Å². The lowest BCUT2D eigenvalue weighted by atomic mass is 9.97. The standard InChI is InChI=1S/C39H45N3O8/c43-24-33-15-9-21-42(33)36(44)23-31-14-7-8-16-35(41-39(47)50-26-30-12-5-2-6-13-30)38(46)49-27-32(40-37(31)45)22-28-17-19-34(20-18-28)48-25-29-10-3-1-4-11-29/h1-8,10-13,17-20,31-33,35,43H,9,14-16,21-27H2,(H,40,45)(H,41,47). The number of carbonyl (C=O) groups is 4. The topological polar surface area (TPSA) is 144 Å². The van der Waals surface area contributed by atoms with Crippen LogP contribution in [0.15, 0.2) is 97.1 Å². The van der Waals surface area contributed by atoms with Gasteiger partial charge in [-0.3, -0.25) is 9.59 Å². The van der Waals surface area contributed by atoms with Gasteiger partial charge in [0, 0.05) is 13.0 Å². The summed E-state index contributed by atoms with van der Waals surface area (Å²) in [5.41, 5.74) is 2.73. The fourth-order valence-corrected chi connectivity index (χ4v) is 6.08. The van der Waals surface area contributed by atoms with Crippen molar-refractivity contribution in [3.05, 3.63) is 114 Å². The van der Waals surface area contributed by atoms with Crippen LogP contribution in [0.25, 0.3) is 0 Å². The fraction of sp³-hybridized carbons (Fsp3) is 0.385. The van der Waals surface area contributed by atoms with E-state index in [4.69, 9.17) is 14.2 Å². The molecule has 1 fully saturated rings. The average molecular weight is 684 g/mol. The molecule has 3 amide bonds. The van der Waals surface area contributed by atoms with Crippen molar-refractivity contribution in [1.29, 1.82) is 0 Å². The highest BCUT2D eigenvalue weighted by Crippen LogP contribution is 2.22. The second kappa shape index (κ2) is 18.6. The number of aliphatic hydroxyl groups is 1. The van der Waals surface area contributed by atoms with Crippen LogP contribution in [0.3, 0.4) is 0 Å². The maximum atomic E-state index is 13.7. The van der Waals surface area contributed by atoms with Crippen LogP contribution >= 0.6 is 0 Å². The van der Waals surface area contributed by atoms with E-state index >= 15 is 0 Å². The number of nitrogens with zero attached hydrogens (tertiary/aromatic N) is 1. The minimum absolute atomic E-state index is 0.0277. The first-order valence-corrected chi connectivity index (χ1v) is 17.1. The van der Waals surface area contributed by atoms with Gasteiger partial charge in [-0.2, -0.15) is 0 Å². The second-order valence-corrected chi connectivity index (χ2v) is 12.6. The van der Waals surface area contributed by atoms with Crippen molar-refractivity contribution in [3.63, 3.8) is 0 Å². The largest absolute Gasteiger partial charge is 0.489 e. The van der Waals surface area contributed by atoms with Crippen molar-refractivity contribution >= 4 is 23.9 Å². The molecule has 0 aliphatic carbocycles. The predicted octanol–water partition coefficient (Wildman–Crippen LogP) is 4.47. The van der Waals surface area contributed by atoms with Crippen molar-refractivity contribution in [2.24, 2.45) is 5.92 Å². The van der Waals surface area contributed by atoms with Crippen LogP contribution in [-0.2, 0) is 43.5 Å². The van der Waals surface area contributed by atoms with Gasteiger partial charge in [0.2, 0.25) is 11.8 Å². The zero-order valence-corrected chi connectivity index (χ0v) is 28.1. The highest BCUT2D eigenvalue weighted by Gasteiger charge is 2.32. The molecule has 0 saturated carbocycles. The molecule has 3 aromatic rings. The Balaban J connectivity index is 1.27. The summed E-state index contributed by atoms with van der Waals surface area (Å²) in [6, 6.07) is 24.6. The number of likely N-dealkylation sites (tertiary alicyclic amines) is 1. The van der Waals surface area contributed by atoms with Gasteiger partial charge in [-0.1, -0.05) is 84.9 Å². The number of nitrogens with one attached hydrogen (secondary N) is 2. The number of ether oxygens (including phenoxy) is 3. The van der Waals surface area contributed by atoms with Crippen molar-refractivity contribution in [2.75, 3.05) is 19.8 Å². The number of hydrogen-bond donors (Lipinski definition) is 3. The Bertz CT molecular complexity index is 1580. The van der Waals surface area contributed by atoms with E-state index in [0.717, 1.165) is 29.5 Å². The average Bonchev–Trinajstić information content (AvgIpc) is 3.63. The summed E-state index contributed by atoms with van der Waals surface area (Å²) in [6.07, 6.45) is 4.87. The van der Waals surface area contributed by atoms with Crippen LogP contribution in [0.1, 0.15) is 48.8 Å². The Morgan fingerprint density at radius 3 is 2.26 bits per heavy atom. The van der Waals surface area contributed by atoms with E-state index in [2.05, 4.69) is 10.6 Å². The van der Waals surface area contributed by atoms with Crippen LogP contribution in [0.2, 0.25) is 0 Å². The monoisotopic (exact) mass is 683 g/mol. The third kappa shape index (κ3) is 10.9. The Kier molecular flexibility index (Phi) is 13.4. The Morgan fingerprint density at radius 2 is 1.56 bits per heavy atom. The molecular formula is C39H45N3O8. The van der Waals surface area contributed by atoms with Crippen molar-refractivity contribution < 1.29 is 38.5 Å². The van der Waals surface area contributed by atoms with Gasteiger partial charge in [-0.25, -0.2) is 9.59 Å². The first-order chi connectivity index (χ1) is 24.4. The molecule has 0 spiro atoms. The molecule has 2 heterocycles. The third-order valence-electron chi connectivity index (χ3n) is 8.88. The number of alkyl carbamates (subject to hydrolysis) is 1. The molecule has 5 rings (SSSR count). The number of cyclic esters (lactones) is 1. The van der Waals surface area contributed by atoms with Crippen LogP contribution < -0.4 is 15.4 Å². The number of allylic oxidation sites excluding steroid dienone is 1. The number of rotatable bonds is 11. The zero-order valence-electron chi connectivity index (χ0n) is 28.1. The Morgan fingerprint density at radius 1 is 0.880 bits per heavy atom. The lowest BCUT2D eigenvalue weighted by molar-refractivity contribution is -0.147. The van der Waals surface area contributed by atoms with Gasteiger partial charge in [-0.05, 0) is 60.9 Å². The first-order valence-electron chi connectivity index (χ1n) is 17.1. The molecule has 11 heteroatoms. The normalized spacial score (nSPS) is 21.3. The molecule has 0 aromatic heterocycles. The van der Waals surface area contributed by atoms with Gasteiger partial charge in [0.05, 0.1) is 24.6 Å². The summed E-state index contributed by atoms with van der Waals surface area (Å²) < 4.78 is 16.9. The zero-order chi connectivity index (χ0) is 35.1. The molecule has 4 atom stereocenters. The van der Waals surface area contributed by atoms with E-state index in [1.165, 1.54) is 0 Å². The molecule has 0 radical (unpaired) electrons. The van der Waals surface area contributed by atoms with Crippen LogP contribution in [0.5, 0.6) is 5.75 Å². The van der Waals surface area contributed by atoms with Gasteiger partial charge in [-0.15, -0.1) is 0 Å². The molecule has 264 valence electrons. The lowest BCUT2D eigenvalue weighted by Gasteiger charge is -2.27. The number of aliphatic hydroxyl groups excluding tert-OH is 1. The van der Waals surface area contributed by atoms with E-state index in [0.29, 0.717) is 25.3 Å². The Labute approximate surface area is 292 Å². The second-order valence-electron chi connectivity index (χ2n) is 12.6. The van der Waals surface area contributed by atoms with Crippen molar-refractivity contribution in [2.45, 2.75) is 69.9 Å². The van der Waals surface area contributed by atoms with Gasteiger partial charge in [0.1, 0.15) is 31.6 Å². The molecular weight excluding hydrogens is 638 g/mol. The molecule has 50 heavy (non-hydrogen) atoms. The summed E-state index contributed by atoms with van der Waals surface area (Å²) in [6.45, 7) is 0.740.